The third kappa shape index (κ3) is 3.95. The van der Waals surface area contributed by atoms with Crippen molar-refractivity contribution in [1.29, 1.82) is 0 Å². The minimum absolute atomic E-state index is 0.639. The van der Waals surface area contributed by atoms with E-state index in [-0.39, 0.29) is 0 Å². The van der Waals surface area contributed by atoms with Gasteiger partial charge in [-0.2, -0.15) is 0 Å². The van der Waals surface area contributed by atoms with Crippen LogP contribution >= 0.6 is 0 Å². The van der Waals surface area contributed by atoms with Crippen LogP contribution in [-0.2, 0) is 6.54 Å². The molecular weight excluding hydrogens is 260 g/mol. The molecule has 4 nitrogen and oxygen atoms in total. The minimum Gasteiger partial charge on any atom is -0.354 e. The lowest BCUT2D eigenvalue weighted by Crippen LogP contribution is -2.49. The number of aromatic nitrogens is 1. The zero-order chi connectivity index (χ0) is 15.4. The summed E-state index contributed by atoms with van der Waals surface area (Å²) in [4.78, 5) is 9.86. The lowest BCUT2D eigenvalue weighted by atomic mass is 10.1. The maximum Gasteiger partial charge on any atom is 0.133 e. The summed E-state index contributed by atoms with van der Waals surface area (Å²) in [6.07, 6.45) is 0. The topological polar surface area (TPSA) is 31.4 Å². The molecule has 0 saturated carbocycles. The van der Waals surface area contributed by atoms with Gasteiger partial charge in [-0.05, 0) is 45.9 Å². The van der Waals surface area contributed by atoms with E-state index in [0.29, 0.717) is 6.04 Å². The van der Waals surface area contributed by atoms with E-state index in [2.05, 4.69) is 55.8 Å². The molecule has 1 aromatic rings. The van der Waals surface area contributed by atoms with Crippen molar-refractivity contribution in [2.45, 2.75) is 47.2 Å². The van der Waals surface area contributed by atoms with Gasteiger partial charge in [-0.15, -0.1) is 0 Å². The van der Waals surface area contributed by atoms with Crippen LogP contribution in [0.4, 0.5) is 5.82 Å². The Hall–Kier alpha value is -1.13. The highest BCUT2D eigenvalue weighted by molar-refractivity contribution is 5.52. The number of nitrogens with zero attached hydrogens (tertiary/aromatic N) is 3. The van der Waals surface area contributed by atoms with Crippen molar-refractivity contribution in [3.8, 4) is 0 Å². The number of hydrogen-bond donors (Lipinski definition) is 1. The van der Waals surface area contributed by atoms with Crippen LogP contribution in [0.2, 0.25) is 0 Å². The zero-order valence-electron chi connectivity index (χ0n) is 14.2. The van der Waals surface area contributed by atoms with Crippen molar-refractivity contribution in [2.24, 2.45) is 0 Å². The second-order valence-electron chi connectivity index (χ2n) is 6.28. The Bertz CT molecular complexity index is 462. The molecule has 0 aliphatic carbocycles. The predicted octanol–water partition coefficient (Wildman–Crippen LogP) is 2.34. The van der Waals surface area contributed by atoms with E-state index in [4.69, 9.17) is 4.98 Å². The lowest BCUT2D eigenvalue weighted by molar-refractivity contribution is 0.209. The molecule has 0 spiro atoms. The van der Waals surface area contributed by atoms with Crippen LogP contribution in [0.15, 0.2) is 6.07 Å². The second kappa shape index (κ2) is 7.23. The molecule has 118 valence electrons. The molecule has 21 heavy (non-hydrogen) atoms. The van der Waals surface area contributed by atoms with Crippen molar-refractivity contribution >= 4 is 5.82 Å². The molecule has 0 amide bonds. The molecule has 1 N–H and O–H groups in total. The van der Waals surface area contributed by atoms with E-state index >= 15 is 0 Å². The van der Waals surface area contributed by atoms with Crippen molar-refractivity contribution in [3.05, 3.63) is 22.9 Å². The Kier molecular flexibility index (Phi) is 5.59. The molecule has 2 heterocycles. The van der Waals surface area contributed by atoms with E-state index in [1.807, 2.05) is 0 Å². The molecule has 1 fully saturated rings. The first kappa shape index (κ1) is 16.2. The molecular formula is C17H30N4. The minimum atomic E-state index is 0.639. The van der Waals surface area contributed by atoms with Gasteiger partial charge in [0.2, 0.25) is 0 Å². The van der Waals surface area contributed by atoms with Crippen LogP contribution in [0, 0.1) is 13.8 Å². The van der Waals surface area contributed by atoms with Gasteiger partial charge in [-0.1, -0.05) is 6.92 Å². The van der Waals surface area contributed by atoms with Crippen molar-refractivity contribution in [3.63, 3.8) is 0 Å². The number of anilines is 1. The number of nitrogens with one attached hydrogen (secondary N) is 1. The molecule has 0 unspecified atom stereocenters. The van der Waals surface area contributed by atoms with Gasteiger partial charge in [-0.25, -0.2) is 4.98 Å². The molecule has 1 aromatic heterocycles. The fraction of sp³-hybridized carbons (Fsp3) is 0.706. The third-order valence-electron chi connectivity index (χ3n) is 4.35. The summed E-state index contributed by atoms with van der Waals surface area (Å²) in [5, 5.41) is 3.45. The number of piperazine rings is 1. The molecule has 1 saturated heterocycles. The second-order valence-corrected chi connectivity index (χ2v) is 6.28. The van der Waals surface area contributed by atoms with Crippen LogP contribution < -0.4 is 10.2 Å². The van der Waals surface area contributed by atoms with E-state index in [0.717, 1.165) is 45.0 Å². The quantitative estimate of drug-likeness (QED) is 0.902. The van der Waals surface area contributed by atoms with Crippen molar-refractivity contribution in [2.75, 3.05) is 37.6 Å². The smallest absolute Gasteiger partial charge is 0.133 e. The van der Waals surface area contributed by atoms with Gasteiger partial charge < -0.3 is 10.2 Å². The standard InChI is InChI=1S/C17H30N4/c1-6-18-12-16-14(4)11-15(5)19-17(16)21-9-7-20(8-10-21)13(2)3/h11,13,18H,6-10,12H2,1-5H3. The predicted molar refractivity (Wildman–Crippen MR) is 90.0 cm³/mol. The molecule has 4 heteroatoms. The van der Waals surface area contributed by atoms with Gasteiger partial charge >= 0.3 is 0 Å². The average Bonchev–Trinajstić information content (AvgIpc) is 2.46. The Morgan fingerprint density at radius 2 is 1.86 bits per heavy atom. The Labute approximate surface area is 129 Å². The molecule has 0 aromatic carbocycles. The summed E-state index contributed by atoms with van der Waals surface area (Å²) in [6.45, 7) is 17.3. The fourth-order valence-corrected chi connectivity index (χ4v) is 3.02. The molecule has 0 atom stereocenters. The maximum absolute atomic E-state index is 4.85. The molecule has 1 aliphatic rings. The van der Waals surface area contributed by atoms with Crippen LogP contribution in [0.1, 0.15) is 37.6 Å². The number of rotatable bonds is 5. The van der Waals surface area contributed by atoms with E-state index in [9.17, 15) is 0 Å². The first-order valence-corrected chi connectivity index (χ1v) is 8.19. The van der Waals surface area contributed by atoms with Crippen LogP contribution in [0.3, 0.4) is 0 Å². The van der Waals surface area contributed by atoms with E-state index < -0.39 is 0 Å². The zero-order valence-corrected chi connectivity index (χ0v) is 14.2. The SMILES string of the molecule is CCNCc1c(C)cc(C)nc1N1CCN(C(C)C)CC1. The first-order chi connectivity index (χ1) is 10.0. The molecule has 0 radical (unpaired) electrons. The largest absolute Gasteiger partial charge is 0.354 e. The Morgan fingerprint density at radius 1 is 1.19 bits per heavy atom. The lowest BCUT2D eigenvalue weighted by Gasteiger charge is -2.38. The first-order valence-electron chi connectivity index (χ1n) is 8.19. The molecule has 2 rings (SSSR count). The number of aryl methyl sites for hydroxylation is 2. The van der Waals surface area contributed by atoms with Crippen LogP contribution in [0.5, 0.6) is 0 Å². The summed E-state index contributed by atoms with van der Waals surface area (Å²) in [7, 11) is 0. The fourth-order valence-electron chi connectivity index (χ4n) is 3.02. The van der Waals surface area contributed by atoms with Gasteiger partial charge in [0.1, 0.15) is 5.82 Å². The highest BCUT2D eigenvalue weighted by Crippen LogP contribution is 2.24. The van der Waals surface area contributed by atoms with Gasteiger partial charge in [0.15, 0.2) is 0 Å². The Balaban J connectivity index is 2.18. The molecule has 0 bridgehead atoms. The van der Waals surface area contributed by atoms with Gasteiger partial charge in [-0.3, -0.25) is 4.90 Å². The van der Waals surface area contributed by atoms with E-state index in [1.54, 1.807) is 0 Å². The number of pyridine rings is 1. The maximum atomic E-state index is 4.85. The van der Waals surface area contributed by atoms with Gasteiger partial charge in [0, 0.05) is 50.0 Å². The summed E-state index contributed by atoms with van der Waals surface area (Å²) < 4.78 is 0. The molecule has 1 aliphatic heterocycles. The summed E-state index contributed by atoms with van der Waals surface area (Å²) in [5.41, 5.74) is 3.83. The number of hydrogen-bond acceptors (Lipinski definition) is 4. The monoisotopic (exact) mass is 290 g/mol. The third-order valence-corrected chi connectivity index (χ3v) is 4.35. The summed E-state index contributed by atoms with van der Waals surface area (Å²) in [6, 6.07) is 2.83. The summed E-state index contributed by atoms with van der Waals surface area (Å²) >= 11 is 0. The van der Waals surface area contributed by atoms with Gasteiger partial charge in [0.25, 0.3) is 0 Å². The van der Waals surface area contributed by atoms with Gasteiger partial charge in [0.05, 0.1) is 0 Å². The normalized spacial score (nSPS) is 16.8. The Morgan fingerprint density at radius 3 is 2.43 bits per heavy atom. The van der Waals surface area contributed by atoms with Crippen molar-refractivity contribution in [1.82, 2.24) is 15.2 Å². The van der Waals surface area contributed by atoms with E-state index in [1.165, 1.54) is 16.9 Å². The average molecular weight is 290 g/mol. The highest BCUT2D eigenvalue weighted by atomic mass is 15.3. The van der Waals surface area contributed by atoms with Crippen molar-refractivity contribution < 1.29 is 0 Å². The summed E-state index contributed by atoms with van der Waals surface area (Å²) in [5.74, 6) is 1.19. The van der Waals surface area contributed by atoms with Crippen LogP contribution in [0.25, 0.3) is 0 Å². The van der Waals surface area contributed by atoms with Crippen LogP contribution in [-0.4, -0.2) is 48.6 Å². The highest BCUT2D eigenvalue weighted by Gasteiger charge is 2.22.